The molecule has 0 unspecified atom stereocenters. The predicted molar refractivity (Wildman–Crippen MR) is 84.7 cm³/mol. The average Bonchev–Trinajstić information content (AvgIpc) is 2.60. The molecular weight excluding hydrogens is 260 g/mol. The molecule has 0 atom stereocenters. The number of para-hydroxylation sites is 2. The van der Waals surface area contributed by atoms with Gasteiger partial charge in [0.15, 0.2) is 5.78 Å². The molecule has 0 bridgehead atoms. The Morgan fingerprint density at radius 3 is 2.14 bits per heavy atom. The first-order chi connectivity index (χ1) is 10.2. The maximum absolute atomic E-state index is 12.8. The van der Waals surface area contributed by atoms with Gasteiger partial charge in [-0.1, -0.05) is 48.1 Å². The summed E-state index contributed by atoms with van der Waals surface area (Å²) in [5, 5.41) is 0. The molecule has 0 amide bonds. The van der Waals surface area contributed by atoms with E-state index in [-0.39, 0.29) is 5.78 Å². The Kier molecular flexibility index (Phi) is 3.44. The van der Waals surface area contributed by atoms with E-state index >= 15 is 0 Å². The van der Waals surface area contributed by atoms with E-state index in [9.17, 15) is 4.79 Å². The second-order valence-corrected chi connectivity index (χ2v) is 5.25. The third-order valence-electron chi connectivity index (χ3n) is 3.36. The molecule has 2 heteroatoms. The Morgan fingerprint density at radius 2 is 1.48 bits per heavy atom. The molecule has 0 saturated carbocycles. The standard InChI is InChI=1S/C19H16O2/c1-13(2)11-12-15-14-7-3-5-9-17(14)21-18-10-6-4-8-16(18)19(15)20/h3-12H,1-2H3/b15-12-. The monoisotopic (exact) mass is 276 g/mol. The minimum Gasteiger partial charge on any atom is -0.456 e. The Balaban J connectivity index is 2.26. The highest BCUT2D eigenvalue weighted by molar-refractivity contribution is 6.31. The van der Waals surface area contributed by atoms with E-state index < -0.39 is 0 Å². The fraction of sp³-hybridized carbons (Fsp3) is 0.105. The summed E-state index contributed by atoms with van der Waals surface area (Å²) < 4.78 is 5.93. The molecule has 104 valence electrons. The van der Waals surface area contributed by atoms with Crippen molar-refractivity contribution in [2.24, 2.45) is 0 Å². The number of Topliss-reactive ketones (excluding diaryl/α,β-unsaturated/α-hetero) is 1. The molecule has 0 aliphatic carbocycles. The summed E-state index contributed by atoms with van der Waals surface area (Å²) in [5.74, 6) is 1.31. The van der Waals surface area contributed by atoms with E-state index in [1.807, 2.05) is 68.5 Å². The highest BCUT2D eigenvalue weighted by Crippen LogP contribution is 2.38. The summed E-state index contributed by atoms with van der Waals surface area (Å²) >= 11 is 0. The van der Waals surface area contributed by atoms with Crippen LogP contribution in [0.2, 0.25) is 0 Å². The maximum atomic E-state index is 12.8. The number of ether oxygens (including phenoxy) is 1. The molecule has 2 aromatic rings. The topological polar surface area (TPSA) is 26.3 Å². The fourth-order valence-electron chi connectivity index (χ4n) is 2.32. The molecule has 0 N–H and O–H groups in total. The van der Waals surface area contributed by atoms with Crippen LogP contribution in [0.5, 0.6) is 11.5 Å². The third kappa shape index (κ3) is 2.52. The van der Waals surface area contributed by atoms with Crippen molar-refractivity contribution in [2.75, 3.05) is 0 Å². The first-order valence-corrected chi connectivity index (χ1v) is 6.93. The van der Waals surface area contributed by atoms with Crippen LogP contribution in [0.4, 0.5) is 0 Å². The average molecular weight is 276 g/mol. The second kappa shape index (κ2) is 5.41. The van der Waals surface area contributed by atoms with Crippen LogP contribution in [0.3, 0.4) is 0 Å². The van der Waals surface area contributed by atoms with Crippen LogP contribution < -0.4 is 4.74 Å². The quantitative estimate of drug-likeness (QED) is 0.683. The highest BCUT2D eigenvalue weighted by atomic mass is 16.5. The molecule has 1 aliphatic heterocycles. The van der Waals surface area contributed by atoms with Crippen molar-refractivity contribution in [3.63, 3.8) is 0 Å². The van der Waals surface area contributed by atoms with Crippen LogP contribution in [0.25, 0.3) is 5.57 Å². The molecule has 21 heavy (non-hydrogen) atoms. The van der Waals surface area contributed by atoms with Crippen molar-refractivity contribution in [1.82, 2.24) is 0 Å². The van der Waals surface area contributed by atoms with E-state index in [4.69, 9.17) is 4.74 Å². The van der Waals surface area contributed by atoms with Gasteiger partial charge in [-0.3, -0.25) is 4.79 Å². The lowest BCUT2D eigenvalue weighted by atomic mass is 9.96. The summed E-state index contributed by atoms with van der Waals surface area (Å²) in [6.07, 6.45) is 3.83. The van der Waals surface area contributed by atoms with Gasteiger partial charge in [0.25, 0.3) is 0 Å². The van der Waals surface area contributed by atoms with Crippen LogP contribution in [0, 0.1) is 0 Å². The number of rotatable bonds is 1. The van der Waals surface area contributed by atoms with Gasteiger partial charge in [0.05, 0.1) is 5.56 Å². The normalized spacial score (nSPS) is 14.8. The Labute approximate surface area is 124 Å². The van der Waals surface area contributed by atoms with Gasteiger partial charge >= 0.3 is 0 Å². The molecule has 2 nitrogen and oxygen atoms in total. The minimum absolute atomic E-state index is 0.00644. The van der Waals surface area contributed by atoms with Crippen molar-refractivity contribution >= 4 is 11.4 Å². The summed E-state index contributed by atoms with van der Waals surface area (Å²) in [6, 6.07) is 15.0. The van der Waals surface area contributed by atoms with Crippen molar-refractivity contribution in [1.29, 1.82) is 0 Å². The molecule has 1 aliphatic rings. The molecule has 3 rings (SSSR count). The van der Waals surface area contributed by atoms with Crippen LogP contribution in [-0.2, 0) is 0 Å². The molecule has 1 heterocycles. The number of carbonyl (C=O) groups is 1. The summed E-state index contributed by atoms with van der Waals surface area (Å²) in [7, 11) is 0. The van der Waals surface area contributed by atoms with Crippen LogP contribution in [0.1, 0.15) is 29.8 Å². The van der Waals surface area contributed by atoms with E-state index in [1.165, 1.54) is 0 Å². The first-order valence-electron chi connectivity index (χ1n) is 6.93. The number of benzene rings is 2. The summed E-state index contributed by atoms with van der Waals surface area (Å²) in [6.45, 7) is 4.02. The van der Waals surface area contributed by atoms with Crippen LogP contribution >= 0.6 is 0 Å². The number of carbonyl (C=O) groups excluding carboxylic acids is 1. The Hall–Kier alpha value is -2.61. The number of ketones is 1. The van der Waals surface area contributed by atoms with Gasteiger partial charge < -0.3 is 4.74 Å². The lowest BCUT2D eigenvalue weighted by molar-refractivity contribution is 0.105. The lowest BCUT2D eigenvalue weighted by Crippen LogP contribution is -2.00. The van der Waals surface area contributed by atoms with Crippen LogP contribution in [-0.4, -0.2) is 5.78 Å². The van der Waals surface area contributed by atoms with Gasteiger partial charge in [-0.25, -0.2) is 0 Å². The number of hydrogen-bond donors (Lipinski definition) is 0. The zero-order valence-electron chi connectivity index (χ0n) is 12.1. The molecule has 0 saturated heterocycles. The van der Waals surface area contributed by atoms with Crippen molar-refractivity contribution in [3.05, 3.63) is 77.4 Å². The third-order valence-corrected chi connectivity index (χ3v) is 3.36. The van der Waals surface area contributed by atoms with Gasteiger partial charge in [0.2, 0.25) is 0 Å². The fourth-order valence-corrected chi connectivity index (χ4v) is 2.32. The highest BCUT2D eigenvalue weighted by Gasteiger charge is 2.24. The summed E-state index contributed by atoms with van der Waals surface area (Å²) in [4.78, 5) is 12.8. The second-order valence-electron chi connectivity index (χ2n) is 5.25. The number of allylic oxidation sites excluding steroid dienone is 4. The van der Waals surface area contributed by atoms with Gasteiger partial charge in [-0.2, -0.15) is 0 Å². The largest absolute Gasteiger partial charge is 0.456 e. The van der Waals surface area contributed by atoms with Crippen molar-refractivity contribution in [3.8, 4) is 11.5 Å². The summed E-state index contributed by atoms with van der Waals surface area (Å²) in [5.41, 5.74) is 3.24. The van der Waals surface area contributed by atoms with Crippen molar-refractivity contribution < 1.29 is 9.53 Å². The van der Waals surface area contributed by atoms with Gasteiger partial charge in [0, 0.05) is 11.1 Å². The first kappa shape index (κ1) is 13.4. The van der Waals surface area contributed by atoms with E-state index in [0.29, 0.717) is 22.6 Å². The smallest absolute Gasteiger partial charge is 0.197 e. The van der Waals surface area contributed by atoms with Gasteiger partial charge in [-0.15, -0.1) is 0 Å². The Bertz CT molecular complexity index is 763. The number of hydrogen-bond acceptors (Lipinski definition) is 2. The molecule has 0 radical (unpaired) electrons. The molecular formula is C19H16O2. The molecule has 0 spiro atoms. The zero-order valence-corrected chi connectivity index (χ0v) is 12.1. The molecule has 0 fully saturated rings. The number of fused-ring (bicyclic) bond motifs is 2. The van der Waals surface area contributed by atoms with Gasteiger partial charge in [0.1, 0.15) is 11.5 Å². The van der Waals surface area contributed by atoms with E-state index in [0.717, 1.165) is 11.1 Å². The minimum atomic E-state index is -0.00644. The van der Waals surface area contributed by atoms with E-state index in [2.05, 4.69) is 0 Å². The Morgan fingerprint density at radius 1 is 0.905 bits per heavy atom. The molecule has 2 aromatic carbocycles. The van der Waals surface area contributed by atoms with Gasteiger partial charge in [-0.05, 0) is 32.0 Å². The lowest BCUT2D eigenvalue weighted by Gasteiger charge is -2.07. The maximum Gasteiger partial charge on any atom is 0.197 e. The molecule has 0 aromatic heterocycles. The predicted octanol–water partition coefficient (Wildman–Crippen LogP) is 5.02. The van der Waals surface area contributed by atoms with Crippen molar-refractivity contribution in [2.45, 2.75) is 13.8 Å². The van der Waals surface area contributed by atoms with Crippen LogP contribution in [0.15, 0.2) is 66.3 Å². The zero-order chi connectivity index (χ0) is 14.8. The SMILES string of the molecule is CC(C)=C/C=C1\C(=O)c2ccccc2Oc2ccccc21. The van der Waals surface area contributed by atoms with E-state index in [1.54, 1.807) is 6.07 Å².